The van der Waals surface area contributed by atoms with Crippen molar-refractivity contribution in [2.75, 3.05) is 22.6 Å². The molecule has 1 saturated heterocycles. The number of rotatable bonds is 6. The van der Waals surface area contributed by atoms with Crippen LogP contribution in [0.4, 0.5) is 15.8 Å². The van der Waals surface area contributed by atoms with E-state index >= 15 is 0 Å². The molecule has 4 rings (SSSR count). The molecule has 0 saturated carbocycles. The lowest BCUT2D eigenvalue weighted by Crippen LogP contribution is -2.27. The molecule has 1 atom stereocenters. The molecule has 3 aromatic rings. The summed E-state index contributed by atoms with van der Waals surface area (Å²) in [6, 6.07) is 20.3. The number of amides is 2. The molecular weight excluding hydrogens is 415 g/mol. The molecule has 0 aromatic heterocycles. The maximum absolute atomic E-state index is 13.0. The van der Waals surface area contributed by atoms with Crippen LogP contribution < -0.4 is 15.0 Å². The summed E-state index contributed by atoms with van der Waals surface area (Å²) in [5.41, 5.74) is 2.78. The van der Waals surface area contributed by atoms with E-state index in [1.54, 1.807) is 28.8 Å². The van der Waals surface area contributed by atoms with E-state index < -0.39 is 0 Å². The Morgan fingerprint density at radius 2 is 1.74 bits per heavy atom. The van der Waals surface area contributed by atoms with E-state index in [1.807, 2.05) is 43.3 Å². The molecule has 2 amide bonds. The van der Waals surface area contributed by atoms with Crippen LogP contribution in [-0.2, 0) is 4.79 Å². The predicted molar refractivity (Wildman–Crippen MR) is 121 cm³/mol. The highest BCUT2D eigenvalue weighted by molar-refractivity contribution is 8.00. The Balaban J connectivity index is 1.48. The third-order valence-corrected chi connectivity index (χ3v) is 6.07. The highest BCUT2D eigenvalue weighted by atomic mass is 32.2. The van der Waals surface area contributed by atoms with Crippen molar-refractivity contribution >= 4 is 35.0 Å². The lowest BCUT2D eigenvalue weighted by atomic mass is 10.1. The van der Waals surface area contributed by atoms with E-state index in [0.29, 0.717) is 23.6 Å². The minimum absolute atomic E-state index is 0.0489. The van der Waals surface area contributed by atoms with Gasteiger partial charge in [0.1, 0.15) is 16.9 Å². The maximum Gasteiger partial charge on any atom is 0.255 e. The van der Waals surface area contributed by atoms with Crippen LogP contribution in [0.1, 0.15) is 28.2 Å². The highest BCUT2D eigenvalue weighted by Crippen LogP contribution is 2.42. The van der Waals surface area contributed by atoms with Crippen molar-refractivity contribution in [3.8, 4) is 5.75 Å². The smallest absolute Gasteiger partial charge is 0.255 e. The normalized spacial score (nSPS) is 15.7. The molecule has 3 aromatic carbocycles. The van der Waals surface area contributed by atoms with E-state index in [0.717, 1.165) is 17.0 Å². The summed E-state index contributed by atoms with van der Waals surface area (Å²) in [7, 11) is 0. The van der Waals surface area contributed by atoms with Gasteiger partial charge in [-0.05, 0) is 73.2 Å². The number of hydrogen-bond acceptors (Lipinski definition) is 4. The van der Waals surface area contributed by atoms with Gasteiger partial charge in [0.15, 0.2) is 0 Å². The Hall–Kier alpha value is -3.32. The Morgan fingerprint density at radius 3 is 2.39 bits per heavy atom. The summed E-state index contributed by atoms with van der Waals surface area (Å²) in [5.74, 6) is 0.521. The average Bonchev–Trinajstić information content (AvgIpc) is 3.17. The van der Waals surface area contributed by atoms with E-state index in [-0.39, 0.29) is 23.0 Å². The molecular formula is C24H21FN2O3S. The molecule has 1 aliphatic heterocycles. The summed E-state index contributed by atoms with van der Waals surface area (Å²) in [5, 5.41) is 2.66. The number of halogens is 1. The minimum atomic E-state index is -0.387. The largest absolute Gasteiger partial charge is 0.494 e. The van der Waals surface area contributed by atoms with E-state index in [4.69, 9.17) is 4.74 Å². The molecule has 0 spiro atoms. The minimum Gasteiger partial charge on any atom is -0.494 e. The van der Waals surface area contributed by atoms with Gasteiger partial charge < -0.3 is 10.1 Å². The summed E-state index contributed by atoms with van der Waals surface area (Å²) >= 11 is 1.56. The van der Waals surface area contributed by atoms with Gasteiger partial charge >= 0.3 is 0 Å². The number of nitrogens with zero attached hydrogens (tertiary/aromatic N) is 1. The van der Waals surface area contributed by atoms with Gasteiger partial charge in [0, 0.05) is 16.9 Å². The monoisotopic (exact) mass is 436 g/mol. The van der Waals surface area contributed by atoms with Crippen LogP contribution in [0.2, 0.25) is 0 Å². The second-order valence-corrected chi connectivity index (χ2v) is 8.01. The molecule has 1 heterocycles. The SMILES string of the molecule is CCOc1ccc(N2C(=O)CSC2c2ccc(NC(=O)c3ccc(F)cc3)cc2)cc1. The summed E-state index contributed by atoms with van der Waals surface area (Å²) in [6.07, 6.45) is 0. The average molecular weight is 437 g/mol. The number of benzene rings is 3. The van der Waals surface area contributed by atoms with Crippen LogP contribution >= 0.6 is 11.8 Å². The molecule has 0 radical (unpaired) electrons. The molecule has 1 aliphatic rings. The summed E-state index contributed by atoms with van der Waals surface area (Å²) in [4.78, 5) is 26.7. The topological polar surface area (TPSA) is 58.6 Å². The lowest BCUT2D eigenvalue weighted by Gasteiger charge is -2.24. The van der Waals surface area contributed by atoms with Gasteiger partial charge in [0.2, 0.25) is 5.91 Å². The van der Waals surface area contributed by atoms with Crippen molar-refractivity contribution < 1.29 is 18.7 Å². The van der Waals surface area contributed by atoms with E-state index in [9.17, 15) is 14.0 Å². The van der Waals surface area contributed by atoms with Gasteiger partial charge in [0.25, 0.3) is 5.91 Å². The van der Waals surface area contributed by atoms with Gasteiger partial charge in [0.05, 0.1) is 12.4 Å². The van der Waals surface area contributed by atoms with Crippen LogP contribution in [0.25, 0.3) is 0 Å². The van der Waals surface area contributed by atoms with Crippen molar-refractivity contribution in [3.63, 3.8) is 0 Å². The number of hydrogen-bond donors (Lipinski definition) is 1. The van der Waals surface area contributed by atoms with Gasteiger partial charge in [-0.15, -0.1) is 11.8 Å². The first-order chi connectivity index (χ1) is 15.0. The highest BCUT2D eigenvalue weighted by Gasteiger charge is 2.34. The summed E-state index contributed by atoms with van der Waals surface area (Å²) < 4.78 is 18.5. The second kappa shape index (κ2) is 9.22. The zero-order valence-electron chi connectivity index (χ0n) is 16.9. The zero-order chi connectivity index (χ0) is 21.8. The first-order valence-corrected chi connectivity index (χ1v) is 10.9. The molecule has 7 heteroatoms. The van der Waals surface area contributed by atoms with Crippen LogP contribution in [0.15, 0.2) is 72.8 Å². The standard InChI is InChI=1S/C24H21FN2O3S/c1-2-30-21-13-11-20(12-14-21)27-22(28)15-31-24(27)17-5-9-19(10-6-17)26-23(29)16-3-7-18(25)8-4-16/h3-14,24H,2,15H2,1H3,(H,26,29). The molecule has 31 heavy (non-hydrogen) atoms. The fraction of sp³-hybridized carbons (Fsp3) is 0.167. The van der Waals surface area contributed by atoms with Crippen molar-refractivity contribution in [3.05, 3.63) is 89.7 Å². The first-order valence-electron chi connectivity index (χ1n) is 9.88. The maximum atomic E-state index is 13.0. The van der Waals surface area contributed by atoms with Gasteiger partial charge in [-0.1, -0.05) is 12.1 Å². The van der Waals surface area contributed by atoms with Gasteiger partial charge in [-0.25, -0.2) is 4.39 Å². The fourth-order valence-corrected chi connectivity index (χ4v) is 4.53. The van der Waals surface area contributed by atoms with Crippen molar-refractivity contribution in [2.24, 2.45) is 0 Å². The number of carbonyl (C=O) groups excluding carboxylic acids is 2. The molecule has 1 fully saturated rings. The number of carbonyl (C=O) groups is 2. The van der Waals surface area contributed by atoms with E-state index in [1.165, 1.54) is 24.3 Å². The lowest BCUT2D eigenvalue weighted by molar-refractivity contribution is -0.115. The van der Waals surface area contributed by atoms with E-state index in [2.05, 4.69) is 5.32 Å². The van der Waals surface area contributed by atoms with Crippen LogP contribution in [0.3, 0.4) is 0 Å². The van der Waals surface area contributed by atoms with Crippen molar-refractivity contribution in [1.82, 2.24) is 0 Å². The summed E-state index contributed by atoms with van der Waals surface area (Å²) in [6.45, 7) is 2.51. The molecule has 5 nitrogen and oxygen atoms in total. The Bertz CT molecular complexity index is 1070. The zero-order valence-corrected chi connectivity index (χ0v) is 17.7. The fourth-order valence-electron chi connectivity index (χ4n) is 3.36. The van der Waals surface area contributed by atoms with Gasteiger partial charge in [-0.2, -0.15) is 0 Å². The number of nitrogens with one attached hydrogen (secondary N) is 1. The number of anilines is 2. The Labute approximate surface area is 184 Å². The quantitative estimate of drug-likeness (QED) is 0.573. The predicted octanol–water partition coefficient (Wildman–Crippen LogP) is 5.26. The molecule has 0 bridgehead atoms. The third kappa shape index (κ3) is 4.72. The van der Waals surface area contributed by atoms with Gasteiger partial charge in [-0.3, -0.25) is 14.5 Å². The van der Waals surface area contributed by atoms with Crippen LogP contribution in [0.5, 0.6) is 5.75 Å². The first kappa shape index (κ1) is 20.9. The molecule has 158 valence electrons. The third-order valence-electron chi connectivity index (χ3n) is 4.85. The van der Waals surface area contributed by atoms with Crippen molar-refractivity contribution in [2.45, 2.75) is 12.3 Å². The second-order valence-electron chi connectivity index (χ2n) is 6.94. The Kier molecular flexibility index (Phi) is 6.23. The van der Waals surface area contributed by atoms with Crippen LogP contribution in [-0.4, -0.2) is 24.2 Å². The Morgan fingerprint density at radius 1 is 1.06 bits per heavy atom. The molecule has 1 unspecified atom stereocenters. The molecule has 1 N–H and O–H groups in total. The number of thioether (sulfide) groups is 1. The molecule has 0 aliphatic carbocycles. The number of ether oxygens (including phenoxy) is 1. The van der Waals surface area contributed by atoms with Crippen molar-refractivity contribution in [1.29, 1.82) is 0 Å². The van der Waals surface area contributed by atoms with Crippen LogP contribution in [0, 0.1) is 5.82 Å².